The first-order chi connectivity index (χ1) is 9.28. The van der Waals surface area contributed by atoms with Gasteiger partial charge in [-0.25, -0.2) is 0 Å². The molecule has 1 aliphatic rings. The molecule has 0 aromatic carbocycles. The molecule has 4 N–H and O–H groups in total. The van der Waals surface area contributed by atoms with E-state index in [0.29, 0.717) is 30.9 Å². The summed E-state index contributed by atoms with van der Waals surface area (Å²) in [6.07, 6.45) is 0. The molecule has 7 nitrogen and oxygen atoms in total. The lowest BCUT2D eigenvalue weighted by Crippen LogP contribution is -2.52. The molecule has 0 atom stereocenters. The van der Waals surface area contributed by atoms with Crippen molar-refractivity contribution in [3.05, 3.63) is 11.3 Å². The van der Waals surface area contributed by atoms with Crippen LogP contribution in [0.25, 0.3) is 0 Å². The summed E-state index contributed by atoms with van der Waals surface area (Å²) in [6.45, 7) is 8.78. The number of hydrogen-bond donors (Lipinski definition) is 3. The molecule has 0 saturated carbocycles. The standard InChI is InChI=1S/C13H23N5O2/c1-9-10(11(14)16-15-9)12(19)18-6-4-17(5-7-18)8-13(2,3)20/h20H,4-8H2,1-3H3,(H3,14,15,16). The minimum Gasteiger partial charge on any atom is -0.389 e. The number of rotatable bonds is 3. The molecule has 1 aromatic heterocycles. The average molecular weight is 281 g/mol. The number of nitrogens with zero attached hydrogens (tertiary/aromatic N) is 3. The molecule has 1 aromatic rings. The lowest BCUT2D eigenvalue weighted by molar-refractivity contribution is 0.0179. The summed E-state index contributed by atoms with van der Waals surface area (Å²) in [6, 6.07) is 0. The molecule has 1 saturated heterocycles. The third-order valence-electron chi connectivity index (χ3n) is 3.46. The van der Waals surface area contributed by atoms with E-state index in [9.17, 15) is 9.90 Å². The number of amides is 1. The zero-order chi connectivity index (χ0) is 14.9. The summed E-state index contributed by atoms with van der Waals surface area (Å²) < 4.78 is 0. The minimum absolute atomic E-state index is 0.0725. The van der Waals surface area contributed by atoms with Gasteiger partial charge in [0.05, 0.1) is 5.60 Å². The number of nitrogen functional groups attached to an aromatic ring is 1. The minimum atomic E-state index is -0.711. The number of nitrogens with two attached hydrogens (primary N) is 1. The number of nitrogens with one attached hydrogen (secondary N) is 1. The summed E-state index contributed by atoms with van der Waals surface area (Å²) in [5.74, 6) is 0.183. The van der Waals surface area contributed by atoms with E-state index in [1.165, 1.54) is 0 Å². The first-order valence-corrected chi connectivity index (χ1v) is 6.82. The highest BCUT2D eigenvalue weighted by molar-refractivity contribution is 5.99. The summed E-state index contributed by atoms with van der Waals surface area (Å²) in [4.78, 5) is 16.4. The number of aliphatic hydroxyl groups is 1. The summed E-state index contributed by atoms with van der Waals surface area (Å²) in [7, 11) is 0. The van der Waals surface area contributed by atoms with Crippen LogP contribution in [-0.4, -0.2) is 69.3 Å². The number of carbonyl (C=O) groups is 1. The Morgan fingerprint density at radius 3 is 2.45 bits per heavy atom. The zero-order valence-corrected chi connectivity index (χ0v) is 12.3. The van der Waals surface area contributed by atoms with Gasteiger partial charge in [0.2, 0.25) is 0 Å². The first kappa shape index (κ1) is 14.8. The maximum absolute atomic E-state index is 12.4. The third-order valence-corrected chi connectivity index (χ3v) is 3.46. The van der Waals surface area contributed by atoms with Crippen molar-refractivity contribution in [3.63, 3.8) is 0 Å². The van der Waals surface area contributed by atoms with E-state index in [2.05, 4.69) is 15.1 Å². The molecule has 0 bridgehead atoms. The van der Waals surface area contributed by atoms with Crippen molar-refractivity contribution in [2.75, 3.05) is 38.5 Å². The molecule has 2 rings (SSSR count). The van der Waals surface area contributed by atoms with E-state index >= 15 is 0 Å². The van der Waals surface area contributed by atoms with Crippen molar-refractivity contribution in [1.29, 1.82) is 0 Å². The lowest BCUT2D eigenvalue weighted by Gasteiger charge is -2.37. The van der Waals surface area contributed by atoms with Crippen LogP contribution in [0.15, 0.2) is 0 Å². The number of β-amino-alcohol motifs (C(OH)–C–C–N with tert-alkyl or cyclic N) is 1. The number of carbonyl (C=O) groups excluding carboxylic acids is 1. The van der Waals surface area contributed by atoms with Gasteiger partial charge in [0.1, 0.15) is 5.56 Å². The van der Waals surface area contributed by atoms with Crippen LogP contribution in [0.1, 0.15) is 29.9 Å². The van der Waals surface area contributed by atoms with E-state index in [4.69, 9.17) is 5.73 Å². The monoisotopic (exact) mass is 281 g/mol. The third kappa shape index (κ3) is 3.29. The number of anilines is 1. The SMILES string of the molecule is Cc1[nH]nc(N)c1C(=O)N1CCN(CC(C)(C)O)CC1. The lowest BCUT2D eigenvalue weighted by atomic mass is 10.1. The summed E-state index contributed by atoms with van der Waals surface area (Å²) in [5.41, 5.74) is 6.19. The predicted molar refractivity (Wildman–Crippen MR) is 76.4 cm³/mol. The normalized spacial score (nSPS) is 17.5. The van der Waals surface area contributed by atoms with Crippen molar-refractivity contribution in [1.82, 2.24) is 20.0 Å². The maximum atomic E-state index is 12.4. The second kappa shape index (κ2) is 5.41. The van der Waals surface area contributed by atoms with Crippen LogP contribution in [0.3, 0.4) is 0 Å². The summed E-state index contributed by atoms with van der Waals surface area (Å²) >= 11 is 0. The molecular weight excluding hydrogens is 258 g/mol. The van der Waals surface area contributed by atoms with Crippen molar-refractivity contribution in [2.24, 2.45) is 0 Å². The number of H-pyrrole nitrogens is 1. The van der Waals surface area contributed by atoms with Crippen LogP contribution in [0.5, 0.6) is 0 Å². The Kier molecular flexibility index (Phi) is 4.01. The zero-order valence-electron chi connectivity index (χ0n) is 12.3. The molecule has 2 heterocycles. The number of aromatic nitrogens is 2. The Morgan fingerprint density at radius 1 is 1.40 bits per heavy atom. The van der Waals surface area contributed by atoms with Crippen molar-refractivity contribution in [2.45, 2.75) is 26.4 Å². The van der Waals surface area contributed by atoms with E-state index < -0.39 is 5.60 Å². The Labute approximate surface area is 118 Å². The highest BCUT2D eigenvalue weighted by Crippen LogP contribution is 2.17. The molecule has 0 unspecified atom stereocenters. The van der Waals surface area contributed by atoms with Gasteiger partial charge >= 0.3 is 0 Å². The first-order valence-electron chi connectivity index (χ1n) is 6.82. The molecule has 1 amide bonds. The Balaban J connectivity index is 1.96. The fourth-order valence-electron chi connectivity index (χ4n) is 2.53. The molecule has 1 aliphatic heterocycles. The van der Waals surface area contributed by atoms with Gasteiger partial charge in [-0.2, -0.15) is 5.10 Å². The van der Waals surface area contributed by atoms with Crippen LogP contribution < -0.4 is 5.73 Å². The average Bonchev–Trinajstić information content (AvgIpc) is 2.67. The molecule has 7 heteroatoms. The van der Waals surface area contributed by atoms with E-state index in [-0.39, 0.29) is 11.7 Å². The second-order valence-corrected chi connectivity index (χ2v) is 5.99. The van der Waals surface area contributed by atoms with E-state index in [1.54, 1.807) is 25.7 Å². The highest BCUT2D eigenvalue weighted by Gasteiger charge is 2.27. The van der Waals surface area contributed by atoms with Gasteiger partial charge in [-0.3, -0.25) is 14.8 Å². The van der Waals surface area contributed by atoms with Gasteiger partial charge in [-0.1, -0.05) is 0 Å². The van der Waals surface area contributed by atoms with Gasteiger partial charge in [0, 0.05) is 38.4 Å². The Hall–Kier alpha value is -1.60. The maximum Gasteiger partial charge on any atom is 0.259 e. The summed E-state index contributed by atoms with van der Waals surface area (Å²) in [5, 5.41) is 16.4. The van der Waals surface area contributed by atoms with Crippen LogP contribution in [0, 0.1) is 6.92 Å². The predicted octanol–water partition coefficient (Wildman–Crippen LogP) is -0.171. The van der Waals surface area contributed by atoms with Crippen LogP contribution in [0.2, 0.25) is 0 Å². The molecule has 0 radical (unpaired) electrons. The largest absolute Gasteiger partial charge is 0.389 e. The molecule has 112 valence electrons. The van der Waals surface area contributed by atoms with Gasteiger partial charge in [0.25, 0.3) is 5.91 Å². The fourth-order valence-corrected chi connectivity index (χ4v) is 2.53. The van der Waals surface area contributed by atoms with Crippen LogP contribution >= 0.6 is 0 Å². The molecule has 1 fully saturated rings. The fraction of sp³-hybridized carbons (Fsp3) is 0.692. The number of aromatic amines is 1. The smallest absolute Gasteiger partial charge is 0.259 e. The highest BCUT2D eigenvalue weighted by atomic mass is 16.3. The van der Waals surface area contributed by atoms with Crippen LogP contribution in [-0.2, 0) is 0 Å². The Bertz CT molecular complexity index is 464. The van der Waals surface area contributed by atoms with Gasteiger partial charge in [-0.05, 0) is 20.8 Å². The number of hydrogen-bond acceptors (Lipinski definition) is 5. The van der Waals surface area contributed by atoms with Gasteiger partial charge in [-0.15, -0.1) is 0 Å². The molecular formula is C13H23N5O2. The van der Waals surface area contributed by atoms with Crippen molar-refractivity contribution < 1.29 is 9.90 Å². The molecule has 0 aliphatic carbocycles. The number of aryl methyl sites for hydroxylation is 1. The van der Waals surface area contributed by atoms with Crippen LogP contribution in [0.4, 0.5) is 5.82 Å². The Morgan fingerprint density at radius 2 is 2.00 bits per heavy atom. The molecule has 0 spiro atoms. The van der Waals surface area contributed by atoms with E-state index in [0.717, 1.165) is 13.1 Å². The van der Waals surface area contributed by atoms with Crippen molar-refractivity contribution in [3.8, 4) is 0 Å². The van der Waals surface area contributed by atoms with Crippen molar-refractivity contribution >= 4 is 11.7 Å². The van der Waals surface area contributed by atoms with Gasteiger partial charge in [0.15, 0.2) is 5.82 Å². The van der Waals surface area contributed by atoms with E-state index in [1.807, 2.05) is 0 Å². The quantitative estimate of drug-likeness (QED) is 0.714. The second-order valence-electron chi connectivity index (χ2n) is 5.99. The topological polar surface area (TPSA) is 98.5 Å². The molecule has 20 heavy (non-hydrogen) atoms. The number of piperazine rings is 1. The van der Waals surface area contributed by atoms with Gasteiger partial charge < -0.3 is 15.7 Å².